The Balaban J connectivity index is 1.38. The molecule has 2 fully saturated rings. The highest BCUT2D eigenvalue weighted by molar-refractivity contribution is 9.10. The largest absolute Gasteiger partial charge is 0.340 e. The summed E-state index contributed by atoms with van der Waals surface area (Å²) in [6.07, 6.45) is 9.32. The topological polar surface area (TPSA) is 58.4 Å². The van der Waals surface area contributed by atoms with Crippen molar-refractivity contribution in [3.63, 3.8) is 0 Å². The zero-order valence-electron chi connectivity index (χ0n) is 16.9. The number of hydrogen-bond donors (Lipinski definition) is 0. The van der Waals surface area contributed by atoms with Gasteiger partial charge in [0.25, 0.3) is 5.56 Å². The summed E-state index contributed by atoms with van der Waals surface area (Å²) in [6, 6.07) is 5.43. The van der Waals surface area contributed by atoms with E-state index in [1.807, 2.05) is 17.0 Å². The van der Waals surface area contributed by atoms with E-state index in [1.54, 1.807) is 6.07 Å². The fourth-order valence-corrected chi connectivity index (χ4v) is 4.99. The van der Waals surface area contributed by atoms with Crippen molar-refractivity contribution in [2.45, 2.75) is 45.1 Å². The Morgan fingerprint density at radius 1 is 1.07 bits per heavy atom. The second kappa shape index (κ2) is 9.39. The van der Waals surface area contributed by atoms with Gasteiger partial charge in [0.05, 0.1) is 17.2 Å². The van der Waals surface area contributed by atoms with E-state index >= 15 is 0 Å². The molecule has 2 aliphatic rings. The van der Waals surface area contributed by atoms with Gasteiger partial charge in [0.1, 0.15) is 6.54 Å². The first-order chi connectivity index (χ1) is 14.1. The smallest absolute Gasteiger partial charge is 0.261 e. The van der Waals surface area contributed by atoms with Crippen molar-refractivity contribution in [3.8, 4) is 0 Å². The SMILES string of the molecule is O=C(Cn1cnc2ccc(Br)cc2c1=O)N1CCCN(CC2CCCCC2)CC1. The van der Waals surface area contributed by atoms with Gasteiger partial charge in [-0.1, -0.05) is 35.2 Å². The molecule has 156 valence electrons. The summed E-state index contributed by atoms with van der Waals surface area (Å²) < 4.78 is 2.26. The molecule has 1 saturated carbocycles. The first kappa shape index (κ1) is 20.5. The van der Waals surface area contributed by atoms with Gasteiger partial charge in [-0.25, -0.2) is 4.98 Å². The second-order valence-electron chi connectivity index (χ2n) is 8.38. The van der Waals surface area contributed by atoms with Crippen molar-refractivity contribution in [1.82, 2.24) is 19.4 Å². The van der Waals surface area contributed by atoms with Crippen LogP contribution < -0.4 is 5.56 Å². The molecule has 0 bridgehead atoms. The number of nitrogens with zero attached hydrogens (tertiary/aromatic N) is 4. The number of amides is 1. The van der Waals surface area contributed by atoms with Crippen molar-refractivity contribution in [3.05, 3.63) is 39.4 Å². The first-order valence-corrected chi connectivity index (χ1v) is 11.5. The number of aromatic nitrogens is 2. The standard InChI is InChI=1S/C22H29BrN4O2/c23-18-7-8-20-19(13-18)22(29)27(16-24-20)15-21(28)26-10-4-9-25(11-12-26)14-17-5-2-1-3-6-17/h7-8,13,16-17H,1-6,9-12,14-15H2. The van der Waals surface area contributed by atoms with Crippen LogP contribution in [0.1, 0.15) is 38.5 Å². The summed E-state index contributed by atoms with van der Waals surface area (Å²) in [5.74, 6) is 0.829. The Morgan fingerprint density at radius 2 is 1.90 bits per heavy atom. The monoisotopic (exact) mass is 460 g/mol. The molecule has 0 radical (unpaired) electrons. The van der Waals surface area contributed by atoms with Gasteiger partial charge < -0.3 is 9.80 Å². The molecule has 1 aliphatic heterocycles. The van der Waals surface area contributed by atoms with E-state index in [4.69, 9.17) is 0 Å². The van der Waals surface area contributed by atoms with E-state index in [0.717, 1.165) is 43.0 Å². The Kier molecular flexibility index (Phi) is 6.65. The first-order valence-electron chi connectivity index (χ1n) is 10.7. The number of halogens is 1. The van der Waals surface area contributed by atoms with Crippen LogP contribution >= 0.6 is 15.9 Å². The molecule has 2 aromatic rings. The van der Waals surface area contributed by atoms with Crippen LogP contribution in [0.5, 0.6) is 0 Å². The van der Waals surface area contributed by atoms with E-state index in [1.165, 1.54) is 49.5 Å². The van der Waals surface area contributed by atoms with Gasteiger partial charge in [-0.3, -0.25) is 14.2 Å². The Hall–Kier alpha value is -1.73. The molecule has 29 heavy (non-hydrogen) atoms. The number of hydrogen-bond acceptors (Lipinski definition) is 4. The highest BCUT2D eigenvalue weighted by Crippen LogP contribution is 2.24. The lowest BCUT2D eigenvalue weighted by Gasteiger charge is -2.28. The molecule has 0 unspecified atom stereocenters. The molecular formula is C22H29BrN4O2. The average molecular weight is 461 g/mol. The number of fused-ring (bicyclic) bond motifs is 1. The zero-order valence-corrected chi connectivity index (χ0v) is 18.4. The van der Waals surface area contributed by atoms with Crippen LogP contribution in [0.2, 0.25) is 0 Å². The van der Waals surface area contributed by atoms with Crippen LogP contribution in [-0.2, 0) is 11.3 Å². The Labute approximate surface area is 180 Å². The lowest BCUT2D eigenvalue weighted by Crippen LogP contribution is -2.39. The summed E-state index contributed by atoms with van der Waals surface area (Å²) in [7, 11) is 0. The minimum Gasteiger partial charge on any atom is -0.340 e. The van der Waals surface area contributed by atoms with Gasteiger partial charge in [0.15, 0.2) is 0 Å². The van der Waals surface area contributed by atoms with Gasteiger partial charge in [-0.15, -0.1) is 0 Å². The molecule has 7 heteroatoms. The van der Waals surface area contributed by atoms with E-state index in [0.29, 0.717) is 10.9 Å². The number of carbonyl (C=O) groups is 1. The predicted molar refractivity (Wildman–Crippen MR) is 118 cm³/mol. The molecule has 2 heterocycles. The minimum absolute atomic E-state index is 0.00256. The summed E-state index contributed by atoms with van der Waals surface area (Å²) in [4.78, 5) is 34.4. The summed E-state index contributed by atoms with van der Waals surface area (Å²) in [5, 5.41) is 0.532. The van der Waals surface area contributed by atoms with Crippen LogP contribution in [0.15, 0.2) is 33.8 Å². The molecule has 1 amide bonds. The van der Waals surface area contributed by atoms with Crippen LogP contribution in [0, 0.1) is 5.92 Å². The van der Waals surface area contributed by atoms with Crippen LogP contribution in [0.3, 0.4) is 0 Å². The van der Waals surface area contributed by atoms with Crippen LogP contribution in [0.25, 0.3) is 10.9 Å². The third-order valence-corrected chi connectivity index (χ3v) is 6.77. The van der Waals surface area contributed by atoms with E-state index in [-0.39, 0.29) is 18.0 Å². The number of rotatable bonds is 4. The summed E-state index contributed by atoms with van der Waals surface area (Å²) in [5.41, 5.74) is 0.480. The molecule has 1 aliphatic carbocycles. The zero-order chi connectivity index (χ0) is 20.2. The maximum Gasteiger partial charge on any atom is 0.261 e. The number of benzene rings is 1. The summed E-state index contributed by atoms with van der Waals surface area (Å²) in [6.45, 7) is 4.72. The molecule has 1 aromatic carbocycles. The Bertz CT molecular complexity index is 923. The van der Waals surface area contributed by atoms with Crippen LogP contribution in [-0.4, -0.2) is 58.0 Å². The predicted octanol–water partition coefficient (Wildman–Crippen LogP) is 3.27. The van der Waals surface area contributed by atoms with Crippen molar-refractivity contribution >= 4 is 32.7 Å². The highest BCUT2D eigenvalue weighted by Gasteiger charge is 2.22. The highest BCUT2D eigenvalue weighted by atomic mass is 79.9. The molecule has 6 nitrogen and oxygen atoms in total. The van der Waals surface area contributed by atoms with Crippen LogP contribution in [0.4, 0.5) is 0 Å². The molecule has 0 spiro atoms. The number of carbonyl (C=O) groups excluding carboxylic acids is 1. The van der Waals surface area contributed by atoms with Crippen molar-refractivity contribution in [2.75, 3.05) is 32.7 Å². The molecule has 1 aromatic heterocycles. The van der Waals surface area contributed by atoms with Crippen molar-refractivity contribution in [1.29, 1.82) is 0 Å². The van der Waals surface area contributed by atoms with Gasteiger partial charge in [0.2, 0.25) is 5.91 Å². The average Bonchev–Trinajstić information content (AvgIpc) is 2.97. The lowest BCUT2D eigenvalue weighted by molar-refractivity contribution is -0.131. The molecule has 0 N–H and O–H groups in total. The lowest BCUT2D eigenvalue weighted by atomic mass is 9.89. The van der Waals surface area contributed by atoms with Gasteiger partial charge in [-0.2, -0.15) is 0 Å². The van der Waals surface area contributed by atoms with Crippen molar-refractivity contribution < 1.29 is 4.79 Å². The van der Waals surface area contributed by atoms with Gasteiger partial charge in [-0.05, 0) is 49.9 Å². The maximum absolute atomic E-state index is 12.9. The van der Waals surface area contributed by atoms with E-state index < -0.39 is 0 Å². The van der Waals surface area contributed by atoms with E-state index in [9.17, 15) is 9.59 Å². The Morgan fingerprint density at radius 3 is 2.72 bits per heavy atom. The van der Waals surface area contributed by atoms with Crippen molar-refractivity contribution in [2.24, 2.45) is 5.92 Å². The summed E-state index contributed by atoms with van der Waals surface area (Å²) >= 11 is 3.40. The van der Waals surface area contributed by atoms with Gasteiger partial charge >= 0.3 is 0 Å². The third kappa shape index (κ3) is 5.07. The maximum atomic E-state index is 12.9. The fraction of sp³-hybridized carbons (Fsp3) is 0.591. The van der Waals surface area contributed by atoms with Gasteiger partial charge in [0, 0.05) is 30.7 Å². The second-order valence-corrected chi connectivity index (χ2v) is 9.29. The molecular weight excluding hydrogens is 432 g/mol. The fourth-order valence-electron chi connectivity index (χ4n) is 4.63. The van der Waals surface area contributed by atoms with E-state index in [2.05, 4.69) is 25.8 Å². The molecule has 1 saturated heterocycles. The molecule has 4 rings (SSSR count). The third-order valence-electron chi connectivity index (χ3n) is 6.27. The quantitative estimate of drug-likeness (QED) is 0.702. The molecule has 0 atom stereocenters. The normalized spacial score (nSPS) is 19.4. The minimum atomic E-state index is -0.168.